The van der Waals surface area contributed by atoms with Gasteiger partial charge in [0.25, 0.3) is 5.91 Å². The fraction of sp³-hybridized carbons (Fsp3) is 0.391. The Morgan fingerprint density at radius 2 is 1.93 bits per heavy atom. The van der Waals surface area contributed by atoms with E-state index in [4.69, 9.17) is 4.74 Å². The zero-order chi connectivity index (χ0) is 20.4. The number of benzene rings is 2. The molecule has 2 aromatic carbocycles. The smallest absolute Gasteiger partial charge is 0.253 e. The van der Waals surface area contributed by atoms with Crippen LogP contribution >= 0.6 is 0 Å². The summed E-state index contributed by atoms with van der Waals surface area (Å²) >= 11 is 0. The molecule has 0 bridgehead atoms. The normalized spacial score (nSPS) is 18.4. The first-order valence-corrected chi connectivity index (χ1v) is 10.2. The van der Waals surface area contributed by atoms with Gasteiger partial charge in [0.2, 0.25) is 5.91 Å². The predicted octanol–water partition coefficient (Wildman–Crippen LogP) is 3.17. The standard InChI is InChI=1S/C23H27N3O3/c1-3-25-16-19(29-21-8-5-4-7-20(21)25)15-24(2)23(28)17-10-12-18(13-11-17)26-14-6-9-22(26)27/h4-5,7-8,10-13,19H,3,6,9,14-16H2,1-2H3. The van der Waals surface area contributed by atoms with Crippen LogP contribution in [0.5, 0.6) is 5.75 Å². The Balaban J connectivity index is 1.41. The maximum absolute atomic E-state index is 12.9. The van der Waals surface area contributed by atoms with Gasteiger partial charge in [0.05, 0.1) is 18.8 Å². The number of hydrogen-bond acceptors (Lipinski definition) is 4. The van der Waals surface area contributed by atoms with Crippen molar-refractivity contribution in [2.24, 2.45) is 0 Å². The second-order valence-corrected chi connectivity index (χ2v) is 7.63. The molecule has 1 atom stereocenters. The van der Waals surface area contributed by atoms with E-state index in [1.165, 1.54) is 0 Å². The average Bonchev–Trinajstić information content (AvgIpc) is 3.18. The van der Waals surface area contributed by atoms with Gasteiger partial charge in [-0.15, -0.1) is 0 Å². The molecule has 4 rings (SSSR count). The zero-order valence-electron chi connectivity index (χ0n) is 17.0. The summed E-state index contributed by atoms with van der Waals surface area (Å²) in [5, 5.41) is 0. The quantitative estimate of drug-likeness (QED) is 0.783. The van der Waals surface area contributed by atoms with Gasteiger partial charge in [0, 0.05) is 37.8 Å². The van der Waals surface area contributed by atoms with Crippen molar-refractivity contribution in [3.8, 4) is 5.75 Å². The van der Waals surface area contributed by atoms with Gasteiger partial charge < -0.3 is 19.4 Å². The third-order valence-electron chi connectivity index (χ3n) is 5.63. The number of anilines is 2. The van der Waals surface area contributed by atoms with Gasteiger partial charge in [-0.05, 0) is 49.7 Å². The van der Waals surface area contributed by atoms with Crippen LogP contribution < -0.4 is 14.5 Å². The molecule has 152 valence electrons. The number of carbonyl (C=O) groups is 2. The van der Waals surface area contributed by atoms with Crippen molar-refractivity contribution < 1.29 is 14.3 Å². The third kappa shape index (κ3) is 3.92. The van der Waals surface area contributed by atoms with Crippen LogP contribution in [0.2, 0.25) is 0 Å². The van der Waals surface area contributed by atoms with E-state index in [0.29, 0.717) is 18.5 Å². The Bertz CT molecular complexity index is 896. The van der Waals surface area contributed by atoms with Gasteiger partial charge >= 0.3 is 0 Å². The summed E-state index contributed by atoms with van der Waals surface area (Å²) in [6.45, 7) is 5.03. The number of nitrogens with zero attached hydrogens (tertiary/aromatic N) is 3. The van der Waals surface area contributed by atoms with E-state index >= 15 is 0 Å². The fourth-order valence-corrected chi connectivity index (χ4v) is 4.09. The van der Waals surface area contributed by atoms with Crippen LogP contribution in [0.1, 0.15) is 30.1 Å². The van der Waals surface area contributed by atoms with Crippen LogP contribution in [0.15, 0.2) is 48.5 Å². The molecule has 1 unspecified atom stereocenters. The monoisotopic (exact) mass is 393 g/mol. The molecule has 6 heteroatoms. The molecule has 0 spiro atoms. The molecule has 0 radical (unpaired) electrons. The first-order chi connectivity index (χ1) is 14.1. The van der Waals surface area contributed by atoms with Crippen LogP contribution in [0.4, 0.5) is 11.4 Å². The van der Waals surface area contributed by atoms with E-state index in [9.17, 15) is 9.59 Å². The van der Waals surface area contributed by atoms with Crippen molar-refractivity contribution in [3.63, 3.8) is 0 Å². The molecule has 2 aliphatic heterocycles. The van der Waals surface area contributed by atoms with Crippen LogP contribution in [0.25, 0.3) is 0 Å². The van der Waals surface area contributed by atoms with Crippen molar-refractivity contribution in [2.45, 2.75) is 25.9 Å². The second-order valence-electron chi connectivity index (χ2n) is 7.63. The summed E-state index contributed by atoms with van der Waals surface area (Å²) in [6, 6.07) is 15.3. The highest BCUT2D eigenvalue weighted by Gasteiger charge is 2.27. The van der Waals surface area contributed by atoms with E-state index in [0.717, 1.165) is 43.2 Å². The van der Waals surface area contributed by atoms with Gasteiger partial charge in [-0.3, -0.25) is 9.59 Å². The van der Waals surface area contributed by atoms with Crippen molar-refractivity contribution in [1.29, 1.82) is 0 Å². The van der Waals surface area contributed by atoms with Gasteiger partial charge in [-0.2, -0.15) is 0 Å². The number of fused-ring (bicyclic) bond motifs is 1. The predicted molar refractivity (Wildman–Crippen MR) is 114 cm³/mol. The van der Waals surface area contributed by atoms with Gasteiger partial charge in [0.1, 0.15) is 11.9 Å². The largest absolute Gasteiger partial charge is 0.485 e. The lowest BCUT2D eigenvalue weighted by atomic mass is 10.1. The Hall–Kier alpha value is -3.02. The molecule has 6 nitrogen and oxygen atoms in total. The lowest BCUT2D eigenvalue weighted by Gasteiger charge is -2.37. The minimum absolute atomic E-state index is 0.0465. The number of rotatable bonds is 5. The van der Waals surface area contributed by atoms with Gasteiger partial charge in [-0.25, -0.2) is 0 Å². The maximum Gasteiger partial charge on any atom is 0.253 e. The van der Waals surface area contributed by atoms with E-state index in [1.54, 1.807) is 29.0 Å². The van der Waals surface area contributed by atoms with Crippen LogP contribution in [-0.2, 0) is 4.79 Å². The lowest BCUT2D eigenvalue weighted by molar-refractivity contribution is -0.117. The Morgan fingerprint density at radius 1 is 1.17 bits per heavy atom. The molecular formula is C23H27N3O3. The number of carbonyl (C=O) groups excluding carboxylic acids is 2. The highest BCUT2D eigenvalue weighted by Crippen LogP contribution is 2.33. The van der Waals surface area contributed by atoms with Gasteiger partial charge in [-0.1, -0.05) is 12.1 Å². The van der Waals surface area contributed by atoms with Crippen molar-refractivity contribution >= 4 is 23.2 Å². The Kier molecular flexibility index (Phi) is 5.43. The number of ether oxygens (including phenoxy) is 1. The Morgan fingerprint density at radius 3 is 2.62 bits per heavy atom. The van der Waals surface area contributed by atoms with E-state index in [1.807, 2.05) is 30.3 Å². The summed E-state index contributed by atoms with van der Waals surface area (Å²) < 4.78 is 6.14. The van der Waals surface area contributed by atoms with E-state index < -0.39 is 0 Å². The molecule has 1 saturated heterocycles. The average molecular weight is 393 g/mol. The molecule has 2 heterocycles. The number of para-hydroxylation sites is 2. The minimum atomic E-state index is -0.0831. The van der Waals surface area contributed by atoms with Crippen LogP contribution in [0.3, 0.4) is 0 Å². The van der Waals surface area contributed by atoms with Crippen LogP contribution in [-0.4, -0.2) is 56.0 Å². The minimum Gasteiger partial charge on any atom is -0.485 e. The first kappa shape index (κ1) is 19.3. The van der Waals surface area contributed by atoms with Crippen molar-refractivity contribution in [3.05, 3.63) is 54.1 Å². The Labute approximate surface area is 171 Å². The molecule has 0 N–H and O–H groups in total. The molecule has 0 saturated carbocycles. The SMILES string of the molecule is CCN1CC(CN(C)C(=O)c2ccc(N3CCCC3=O)cc2)Oc2ccccc21. The molecule has 1 fully saturated rings. The molecule has 2 amide bonds. The van der Waals surface area contributed by atoms with Crippen molar-refractivity contribution in [2.75, 3.05) is 43.0 Å². The fourth-order valence-electron chi connectivity index (χ4n) is 4.09. The lowest BCUT2D eigenvalue weighted by Crippen LogP contribution is -2.46. The zero-order valence-corrected chi connectivity index (χ0v) is 17.0. The van der Waals surface area contributed by atoms with E-state index in [2.05, 4.69) is 17.9 Å². The van der Waals surface area contributed by atoms with E-state index in [-0.39, 0.29) is 17.9 Å². The summed E-state index contributed by atoms with van der Waals surface area (Å²) in [5.74, 6) is 0.970. The molecule has 0 aromatic heterocycles. The molecule has 2 aliphatic rings. The highest BCUT2D eigenvalue weighted by atomic mass is 16.5. The number of likely N-dealkylation sites (N-methyl/N-ethyl adjacent to an activating group) is 2. The summed E-state index contributed by atoms with van der Waals surface area (Å²) in [5.41, 5.74) is 2.58. The molecule has 29 heavy (non-hydrogen) atoms. The summed E-state index contributed by atoms with van der Waals surface area (Å²) in [4.78, 5) is 30.6. The molecule has 0 aliphatic carbocycles. The number of hydrogen-bond donors (Lipinski definition) is 0. The summed E-state index contributed by atoms with van der Waals surface area (Å²) in [7, 11) is 1.81. The first-order valence-electron chi connectivity index (χ1n) is 10.2. The van der Waals surface area contributed by atoms with Crippen LogP contribution in [0, 0.1) is 0 Å². The van der Waals surface area contributed by atoms with Gasteiger partial charge in [0.15, 0.2) is 0 Å². The topological polar surface area (TPSA) is 53.1 Å². The second kappa shape index (κ2) is 8.15. The molecular weight excluding hydrogens is 366 g/mol. The van der Waals surface area contributed by atoms with Crippen molar-refractivity contribution in [1.82, 2.24) is 4.90 Å². The third-order valence-corrected chi connectivity index (χ3v) is 5.63. The number of amides is 2. The highest BCUT2D eigenvalue weighted by molar-refractivity contribution is 5.97. The summed E-state index contributed by atoms with van der Waals surface area (Å²) in [6.07, 6.45) is 1.41. The maximum atomic E-state index is 12.9. The molecule has 2 aromatic rings.